The molecule has 0 fully saturated rings. The Hall–Kier alpha value is -2.29. The van der Waals surface area contributed by atoms with Gasteiger partial charge in [0.25, 0.3) is 0 Å². The fourth-order valence-electron chi connectivity index (χ4n) is 5.74. The summed E-state index contributed by atoms with van der Waals surface area (Å²) in [4.78, 5) is 9.35. The van der Waals surface area contributed by atoms with Crippen LogP contribution in [0.2, 0.25) is 0 Å². The molecule has 1 unspecified atom stereocenters. The Morgan fingerprint density at radius 3 is 2.37 bits per heavy atom. The molecule has 0 spiro atoms. The van der Waals surface area contributed by atoms with Crippen LogP contribution in [0.3, 0.4) is 0 Å². The zero-order chi connectivity index (χ0) is 19.4. The summed E-state index contributed by atoms with van der Waals surface area (Å²) in [5.74, 6) is 0. The molecular formula is C24H29N3. The van der Waals surface area contributed by atoms with Gasteiger partial charge in [-0.1, -0.05) is 53.7 Å². The third-order valence-electron chi connectivity index (χ3n) is 7.89. The normalized spacial score (nSPS) is 25.1. The van der Waals surface area contributed by atoms with Gasteiger partial charge in [-0.2, -0.15) is 0 Å². The van der Waals surface area contributed by atoms with Gasteiger partial charge in [-0.25, -0.2) is 0 Å². The van der Waals surface area contributed by atoms with Crippen molar-refractivity contribution in [2.75, 3.05) is 11.9 Å². The first-order chi connectivity index (χ1) is 12.6. The Morgan fingerprint density at radius 2 is 1.63 bits per heavy atom. The molecule has 140 valence electrons. The lowest BCUT2D eigenvalue weighted by Crippen LogP contribution is -2.59. The number of anilines is 1. The molecule has 0 bridgehead atoms. The van der Waals surface area contributed by atoms with Crippen LogP contribution in [0.15, 0.2) is 43.0 Å². The van der Waals surface area contributed by atoms with Gasteiger partial charge in [-0.15, -0.1) is 0 Å². The summed E-state index contributed by atoms with van der Waals surface area (Å²) in [6, 6.07) is 6.91. The van der Waals surface area contributed by atoms with Crippen LogP contribution in [0, 0.1) is 5.41 Å². The lowest BCUT2D eigenvalue weighted by Gasteiger charge is -2.57. The smallest absolute Gasteiger partial charge is 0.111 e. The average molecular weight is 360 g/mol. The molecule has 0 saturated heterocycles. The van der Waals surface area contributed by atoms with Crippen molar-refractivity contribution in [3.05, 3.63) is 59.7 Å². The molecule has 0 radical (unpaired) electrons. The van der Waals surface area contributed by atoms with Crippen molar-refractivity contribution in [2.45, 2.75) is 58.5 Å². The second kappa shape index (κ2) is 4.76. The summed E-state index contributed by atoms with van der Waals surface area (Å²) >= 11 is 0. The van der Waals surface area contributed by atoms with E-state index in [1.165, 1.54) is 33.5 Å². The van der Waals surface area contributed by atoms with Gasteiger partial charge in [0.2, 0.25) is 0 Å². The minimum atomic E-state index is -0.0542. The predicted octanol–water partition coefficient (Wildman–Crippen LogP) is 5.25. The average Bonchev–Trinajstić information content (AvgIpc) is 3.11. The Kier molecular flexibility index (Phi) is 2.97. The Balaban J connectivity index is 1.88. The van der Waals surface area contributed by atoms with E-state index in [9.17, 15) is 0 Å². The van der Waals surface area contributed by atoms with Crippen LogP contribution >= 0.6 is 0 Å². The number of rotatable bonds is 0. The fraction of sp³-hybridized carbons (Fsp3) is 0.458. The molecule has 2 aromatic rings. The van der Waals surface area contributed by atoms with Crippen molar-refractivity contribution in [3.63, 3.8) is 0 Å². The lowest BCUT2D eigenvalue weighted by atomic mass is 9.58. The van der Waals surface area contributed by atoms with Gasteiger partial charge >= 0.3 is 0 Å². The summed E-state index contributed by atoms with van der Waals surface area (Å²) in [5.41, 5.74) is 8.46. The zero-order valence-electron chi connectivity index (χ0n) is 17.5. The molecule has 5 rings (SSSR count). The zero-order valence-corrected chi connectivity index (χ0v) is 17.5. The molecule has 1 aromatic carbocycles. The maximum absolute atomic E-state index is 4.44. The number of pyridine rings is 1. The molecule has 2 aliphatic heterocycles. The van der Waals surface area contributed by atoms with E-state index in [1.807, 2.05) is 6.20 Å². The van der Waals surface area contributed by atoms with E-state index in [-0.39, 0.29) is 16.2 Å². The molecule has 27 heavy (non-hydrogen) atoms. The van der Waals surface area contributed by atoms with Crippen molar-refractivity contribution in [3.8, 4) is 11.1 Å². The Morgan fingerprint density at radius 1 is 0.889 bits per heavy atom. The number of hydrogen-bond donors (Lipinski definition) is 0. The quantitative estimate of drug-likeness (QED) is 0.640. The number of fused-ring (bicyclic) bond motifs is 7. The topological polar surface area (TPSA) is 19.4 Å². The van der Waals surface area contributed by atoms with E-state index in [2.05, 4.69) is 100 Å². The molecule has 1 aliphatic carbocycles. The highest BCUT2D eigenvalue weighted by Crippen LogP contribution is 2.61. The summed E-state index contributed by atoms with van der Waals surface area (Å²) in [5, 5.41) is 0. The van der Waals surface area contributed by atoms with Crippen LogP contribution < -0.4 is 4.90 Å². The van der Waals surface area contributed by atoms with Crippen molar-refractivity contribution in [2.24, 2.45) is 5.41 Å². The molecular weight excluding hydrogens is 330 g/mol. The molecule has 1 atom stereocenters. The highest BCUT2D eigenvalue weighted by atomic mass is 15.4. The molecule has 1 aromatic heterocycles. The third kappa shape index (κ3) is 1.76. The van der Waals surface area contributed by atoms with E-state index >= 15 is 0 Å². The van der Waals surface area contributed by atoms with Crippen molar-refractivity contribution >= 4 is 5.69 Å². The number of benzene rings is 1. The number of aromatic nitrogens is 1. The van der Waals surface area contributed by atoms with Gasteiger partial charge in [0.1, 0.15) is 6.17 Å². The van der Waals surface area contributed by atoms with E-state index in [0.29, 0.717) is 6.17 Å². The van der Waals surface area contributed by atoms with Crippen LogP contribution in [0.5, 0.6) is 0 Å². The molecule has 3 heterocycles. The largest absolute Gasteiger partial charge is 0.358 e. The van der Waals surface area contributed by atoms with Crippen LogP contribution in [0.1, 0.15) is 58.2 Å². The minimum Gasteiger partial charge on any atom is -0.358 e. The van der Waals surface area contributed by atoms with E-state index in [4.69, 9.17) is 0 Å². The molecule has 3 aliphatic rings. The molecule has 0 saturated carbocycles. The van der Waals surface area contributed by atoms with Crippen molar-refractivity contribution < 1.29 is 0 Å². The highest BCUT2D eigenvalue weighted by molar-refractivity contribution is 5.88. The summed E-state index contributed by atoms with van der Waals surface area (Å²) in [6.45, 7) is 14.4. The molecule has 3 heteroatoms. The second-order valence-electron chi connectivity index (χ2n) is 10.0. The molecule has 3 nitrogen and oxygen atoms in total. The summed E-state index contributed by atoms with van der Waals surface area (Å²) in [6.07, 6.45) is 8.81. The first-order valence-corrected chi connectivity index (χ1v) is 9.91. The van der Waals surface area contributed by atoms with Gasteiger partial charge in [0.05, 0.1) is 5.69 Å². The van der Waals surface area contributed by atoms with E-state index < -0.39 is 0 Å². The fourth-order valence-corrected chi connectivity index (χ4v) is 5.74. The van der Waals surface area contributed by atoms with Gasteiger partial charge in [-0.05, 0) is 33.9 Å². The number of hydrogen-bond acceptors (Lipinski definition) is 3. The monoisotopic (exact) mass is 359 g/mol. The van der Waals surface area contributed by atoms with E-state index in [0.717, 1.165) is 0 Å². The maximum atomic E-state index is 4.44. The second-order valence-corrected chi connectivity index (χ2v) is 10.0. The van der Waals surface area contributed by atoms with Crippen LogP contribution in [0.4, 0.5) is 5.69 Å². The van der Waals surface area contributed by atoms with Crippen LogP contribution in [-0.2, 0) is 10.8 Å². The highest BCUT2D eigenvalue weighted by Gasteiger charge is 2.56. The van der Waals surface area contributed by atoms with Gasteiger partial charge < -0.3 is 9.80 Å². The predicted molar refractivity (Wildman–Crippen MR) is 112 cm³/mol. The Labute approximate surface area is 162 Å². The van der Waals surface area contributed by atoms with Crippen LogP contribution in [-0.4, -0.2) is 23.1 Å². The lowest BCUT2D eigenvalue weighted by molar-refractivity contribution is 0.0761. The van der Waals surface area contributed by atoms with Gasteiger partial charge in [0, 0.05) is 48.1 Å². The van der Waals surface area contributed by atoms with Crippen molar-refractivity contribution in [1.29, 1.82) is 0 Å². The van der Waals surface area contributed by atoms with Gasteiger partial charge in [0.15, 0.2) is 0 Å². The minimum absolute atomic E-state index is 0.0542. The van der Waals surface area contributed by atoms with Gasteiger partial charge in [-0.3, -0.25) is 4.98 Å². The molecule has 0 N–H and O–H groups in total. The first-order valence-electron chi connectivity index (χ1n) is 9.91. The third-order valence-corrected chi connectivity index (χ3v) is 7.89. The SMILES string of the molecule is CN1C=CN2c3c(ccc4c3C(C)(C)c3cnccc3-4)C(C)(C)C(C)(C)C12. The number of nitrogens with zero attached hydrogens (tertiary/aromatic N) is 3. The summed E-state index contributed by atoms with van der Waals surface area (Å²) < 4.78 is 0. The first kappa shape index (κ1) is 16.9. The molecule has 0 amide bonds. The van der Waals surface area contributed by atoms with Crippen molar-refractivity contribution in [1.82, 2.24) is 9.88 Å². The standard InChI is InChI=1S/C24H29N3/c1-22(2)18-14-25-11-10-15(18)16-8-9-17-20(19(16)22)27-13-12-26(7)21(27)24(5,6)23(17,3)4/h8-14,21H,1-7H3. The maximum Gasteiger partial charge on any atom is 0.111 e. The van der Waals surface area contributed by atoms with Crippen LogP contribution in [0.25, 0.3) is 11.1 Å². The van der Waals surface area contributed by atoms with E-state index in [1.54, 1.807) is 0 Å². The summed E-state index contributed by atoms with van der Waals surface area (Å²) in [7, 11) is 2.21. The Bertz CT molecular complexity index is 997.